The van der Waals surface area contributed by atoms with Crippen LogP contribution in [0.1, 0.15) is 53.5 Å². The molecular weight excluding hydrogens is 386 g/mol. The largest absolute Gasteiger partial charge is 0.349 e. The number of hydrogen-bond acceptors (Lipinski definition) is 3. The number of carbonyl (C=O) groups is 1. The number of nitrogens with zero attached hydrogens (tertiary/aromatic N) is 3. The van der Waals surface area contributed by atoms with Crippen molar-refractivity contribution in [3.05, 3.63) is 76.9 Å². The van der Waals surface area contributed by atoms with Crippen LogP contribution in [0.4, 0.5) is 0 Å². The molecule has 0 fully saturated rings. The fraction of sp³-hybridized carbons (Fsp3) is 0.320. The predicted molar refractivity (Wildman–Crippen MR) is 121 cm³/mol. The molecule has 5 rings (SSSR count). The molecule has 2 aromatic carbocycles. The van der Waals surface area contributed by atoms with Crippen LogP contribution in [-0.4, -0.2) is 25.7 Å². The number of carbonyl (C=O) groups excluding carboxylic acids is 1. The Bertz CT molecular complexity index is 1220. The van der Waals surface area contributed by atoms with E-state index in [1.807, 2.05) is 30.5 Å². The molecule has 2 heterocycles. The van der Waals surface area contributed by atoms with Gasteiger partial charge in [-0.25, -0.2) is 9.67 Å². The number of imidazole rings is 1. The fourth-order valence-corrected chi connectivity index (χ4v) is 4.50. The molecule has 1 amide bonds. The Morgan fingerprint density at radius 1 is 1.19 bits per heavy atom. The van der Waals surface area contributed by atoms with Crippen LogP contribution in [0.5, 0.6) is 0 Å². The van der Waals surface area contributed by atoms with Gasteiger partial charge in [-0.2, -0.15) is 5.10 Å². The van der Waals surface area contributed by atoms with Gasteiger partial charge >= 0.3 is 0 Å². The molecule has 0 radical (unpaired) electrons. The van der Waals surface area contributed by atoms with Crippen molar-refractivity contribution in [2.75, 3.05) is 0 Å². The minimum absolute atomic E-state index is 0.0192. The predicted octanol–water partition coefficient (Wildman–Crippen LogP) is 4.49. The second kappa shape index (κ2) is 8.02. The zero-order valence-corrected chi connectivity index (χ0v) is 18.0. The lowest BCUT2D eigenvalue weighted by Crippen LogP contribution is -2.31. The average Bonchev–Trinajstić information content (AvgIpc) is 3.39. The molecule has 1 atom stereocenters. The van der Waals surface area contributed by atoms with Gasteiger partial charge in [0, 0.05) is 24.1 Å². The molecule has 0 bridgehead atoms. The average molecular weight is 414 g/mol. The lowest BCUT2D eigenvalue weighted by Gasteiger charge is -2.24. The highest BCUT2D eigenvalue weighted by atomic mass is 16.1. The summed E-state index contributed by atoms with van der Waals surface area (Å²) in [6.45, 7) is 4.26. The zero-order valence-electron chi connectivity index (χ0n) is 18.0. The van der Waals surface area contributed by atoms with E-state index in [4.69, 9.17) is 5.10 Å². The van der Waals surface area contributed by atoms with E-state index >= 15 is 0 Å². The molecule has 4 aromatic rings. The monoisotopic (exact) mass is 413 g/mol. The van der Waals surface area contributed by atoms with Gasteiger partial charge in [0.15, 0.2) is 0 Å². The normalized spacial score (nSPS) is 15.7. The van der Waals surface area contributed by atoms with Gasteiger partial charge in [-0.1, -0.05) is 24.3 Å². The lowest BCUT2D eigenvalue weighted by molar-refractivity contribution is -0.121. The number of fused-ring (bicyclic) bond motifs is 2. The standard InChI is InChI=1S/C25H27N5O/c1-16-7-5-11-22(17(16)2)30-23-12-6-10-19(18(23)15-26-30)29-25(31)14-13-24-27-20-8-3-4-9-21(20)28-24/h3-5,7-9,11,15,19H,6,10,12-14H2,1-2H3,(H,27,28)(H,29,31)/t19-/m1/s1. The molecule has 0 spiro atoms. The smallest absolute Gasteiger partial charge is 0.220 e. The molecule has 2 N–H and O–H groups in total. The van der Waals surface area contributed by atoms with Crippen LogP contribution in [0.3, 0.4) is 0 Å². The molecule has 1 aliphatic carbocycles. The first-order valence-electron chi connectivity index (χ1n) is 11.0. The number of amides is 1. The van der Waals surface area contributed by atoms with E-state index < -0.39 is 0 Å². The van der Waals surface area contributed by atoms with Crippen LogP contribution >= 0.6 is 0 Å². The van der Waals surface area contributed by atoms with Crippen molar-refractivity contribution in [1.29, 1.82) is 0 Å². The number of hydrogen-bond donors (Lipinski definition) is 2. The Hall–Kier alpha value is -3.41. The summed E-state index contributed by atoms with van der Waals surface area (Å²) >= 11 is 0. The molecule has 2 aromatic heterocycles. The van der Waals surface area contributed by atoms with Crippen molar-refractivity contribution < 1.29 is 4.79 Å². The van der Waals surface area contributed by atoms with Crippen LogP contribution in [0, 0.1) is 13.8 Å². The number of nitrogens with one attached hydrogen (secondary N) is 2. The number of aryl methyl sites for hydroxylation is 2. The van der Waals surface area contributed by atoms with Gasteiger partial charge in [0.25, 0.3) is 0 Å². The molecule has 158 valence electrons. The second-order valence-electron chi connectivity index (χ2n) is 8.39. The summed E-state index contributed by atoms with van der Waals surface area (Å²) in [5.41, 5.74) is 7.92. The maximum absolute atomic E-state index is 12.7. The van der Waals surface area contributed by atoms with Gasteiger partial charge in [-0.15, -0.1) is 0 Å². The van der Waals surface area contributed by atoms with Crippen molar-refractivity contribution >= 4 is 16.9 Å². The lowest BCUT2D eigenvalue weighted by atomic mass is 9.92. The molecule has 6 heteroatoms. The molecule has 0 unspecified atom stereocenters. The van der Waals surface area contributed by atoms with Crippen LogP contribution in [0.2, 0.25) is 0 Å². The molecular formula is C25H27N5O. The van der Waals surface area contributed by atoms with Crippen LogP contribution in [0.25, 0.3) is 16.7 Å². The first-order chi connectivity index (χ1) is 15.1. The van der Waals surface area contributed by atoms with Gasteiger partial charge in [0.2, 0.25) is 5.91 Å². The number of rotatable bonds is 5. The minimum atomic E-state index is 0.0192. The van der Waals surface area contributed by atoms with E-state index in [2.05, 4.69) is 52.0 Å². The van der Waals surface area contributed by atoms with Gasteiger partial charge in [-0.3, -0.25) is 4.79 Å². The number of aromatic amines is 1. The summed E-state index contributed by atoms with van der Waals surface area (Å²) in [4.78, 5) is 20.6. The third-order valence-corrected chi connectivity index (χ3v) is 6.35. The van der Waals surface area contributed by atoms with Crippen LogP contribution < -0.4 is 5.32 Å². The first-order valence-corrected chi connectivity index (χ1v) is 11.0. The van der Waals surface area contributed by atoms with Gasteiger partial charge in [-0.05, 0) is 62.4 Å². The second-order valence-corrected chi connectivity index (χ2v) is 8.39. The van der Waals surface area contributed by atoms with E-state index in [1.54, 1.807) is 0 Å². The van der Waals surface area contributed by atoms with Crippen molar-refractivity contribution in [3.8, 4) is 5.69 Å². The number of H-pyrrole nitrogens is 1. The first kappa shape index (κ1) is 19.5. The van der Waals surface area contributed by atoms with E-state index in [0.717, 1.165) is 47.4 Å². The summed E-state index contributed by atoms with van der Waals surface area (Å²) in [6.07, 6.45) is 5.91. The Balaban J connectivity index is 1.29. The Morgan fingerprint density at radius 3 is 2.94 bits per heavy atom. The van der Waals surface area contributed by atoms with Crippen molar-refractivity contribution in [2.24, 2.45) is 0 Å². The maximum atomic E-state index is 12.7. The summed E-state index contributed by atoms with van der Waals surface area (Å²) in [7, 11) is 0. The zero-order chi connectivity index (χ0) is 21.4. The number of benzene rings is 2. The quantitative estimate of drug-likeness (QED) is 0.506. The fourth-order valence-electron chi connectivity index (χ4n) is 4.50. The third-order valence-electron chi connectivity index (χ3n) is 6.35. The van der Waals surface area contributed by atoms with Crippen LogP contribution in [-0.2, 0) is 17.6 Å². The van der Waals surface area contributed by atoms with Gasteiger partial charge in [0.05, 0.1) is 29.0 Å². The van der Waals surface area contributed by atoms with Crippen molar-refractivity contribution in [3.63, 3.8) is 0 Å². The summed E-state index contributed by atoms with van der Waals surface area (Å²) < 4.78 is 2.06. The van der Waals surface area contributed by atoms with Gasteiger partial charge < -0.3 is 10.3 Å². The summed E-state index contributed by atoms with van der Waals surface area (Å²) in [5, 5.41) is 7.93. The summed E-state index contributed by atoms with van der Waals surface area (Å²) in [6, 6.07) is 14.3. The third kappa shape index (κ3) is 3.74. The number of para-hydroxylation sites is 2. The Kier molecular flexibility index (Phi) is 5.06. The highest BCUT2D eigenvalue weighted by Gasteiger charge is 2.26. The van der Waals surface area contributed by atoms with E-state index in [9.17, 15) is 4.79 Å². The Labute approximate surface area is 181 Å². The van der Waals surface area contributed by atoms with E-state index in [0.29, 0.717) is 12.8 Å². The highest BCUT2D eigenvalue weighted by molar-refractivity contribution is 5.77. The van der Waals surface area contributed by atoms with Gasteiger partial charge in [0.1, 0.15) is 5.82 Å². The molecule has 6 nitrogen and oxygen atoms in total. The summed E-state index contributed by atoms with van der Waals surface area (Å²) in [5.74, 6) is 0.904. The van der Waals surface area contributed by atoms with E-state index in [-0.39, 0.29) is 11.9 Å². The highest BCUT2D eigenvalue weighted by Crippen LogP contribution is 2.32. The molecule has 0 saturated heterocycles. The minimum Gasteiger partial charge on any atom is -0.349 e. The maximum Gasteiger partial charge on any atom is 0.220 e. The SMILES string of the molecule is Cc1cccc(-n2ncc3c2CCC[C@H]3NC(=O)CCc2nc3ccccc3[nH]2)c1C. The Morgan fingerprint density at radius 2 is 2.06 bits per heavy atom. The molecule has 0 aliphatic heterocycles. The number of aromatic nitrogens is 4. The van der Waals surface area contributed by atoms with Crippen molar-refractivity contribution in [2.45, 2.75) is 52.0 Å². The molecule has 31 heavy (non-hydrogen) atoms. The van der Waals surface area contributed by atoms with Crippen molar-refractivity contribution in [1.82, 2.24) is 25.1 Å². The van der Waals surface area contributed by atoms with E-state index in [1.165, 1.54) is 16.8 Å². The molecule has 1 aliphatic rings. The topological polar surface area (TPSA) is 75.6 Å². The van der Waals surface area contributed by atoms with Crippen LogP contribution in [0.15, 0.2) is 48.7 Å². The molecule has 0 saturated carbocycles.